The molecule has 3 unspecified atom stereocenters. The molecular formula is C13H21N5O9. The summed E-state index contributed by atoms with van der Waals surface area (Å²) in [7, 11) is 0. The summed E-state index contributed by atoms with van der Waals surface area (Å²) in [6.07, 6.45) is -1.44. The van der Waals surface area contributed by atoms with E-state index in [1.54, 1.807) is 0 Å². The smallest absolute Gasteiger partial charge is 0.322 e. The van der Waals surface area contributed by atoms with Gasteiger partial charge < -0.3 is 42.7 Å². The number of primary amides is 1. The zero-order valence-corrected chi connectivity index (χ0v) is 14.0. The summed E-state index contributed by atoms with van der Waals surface area (Å²) in [5.41, 5.74) is 10.3. The molecule has 27 heavy (non-hydrogen) atoms. The molecule has 0 saturated carbocycles. The lowest BCUT2D eigenvalue weighted by atomic mass is 10.1. The lowest BCUT2D eigenvalue weighted by Crippen LogP contribution is -2.57. The van der Waals surface area contributed by atoms with Gasteiger partial charge in [0.2, 0.25) is 23.6 Å². The molecule has 3 atom stereocenters. The van der Waals surface area contributed by atoms with Crippen molar-refractivity contribution in [3.63, 3.8) is 0 Å². The van der Waals surface area contributed by atoms with Crippen LogP contribution in [0, 0.1) is 0 Å². The number of carbonyl (C=O) groups is 6. The van der Waals surface area contributed by atoms with Gasteiger partial charge in [0.15, 0.2) is 0 Å². The molecule has 0 bridgehead atoms. The summed E-state index contributed by atoms with van der Waals surface area (Å²) < 4.78 is 0. The fourth-order valence-corrected chi connectivity index (χ4v) is 1.72. The van der Waals surface area contributed by atoms with Crippen molar-refractivity contribution in [1.29, 1.82) is 0 Å². The number of carboxylic acid groups (broad SMARTS) is 2. The maximum absolute atomic E-state index is 12.1. The Bertz CT molecular complexity index is 609. The Morgan fingerprint density at radius 1 is 0.815 bits per heavy atom. The average Bonchev–Trinajstić information content (AvgIpc) is 2.55. The van der Waals surface area contributed by atoms with Gasteiger partial charge in [-0.1, -0.05) is 0 Å². The van der Waals surface area contributed by atoms with Crippen molar-refractivity contribution in [2.75, 3.05) is 13.2 Å². The van der Waals surface area contributed by atoms with Crippen LogP contribution in [0.5, 0.6) is 0 Å². The van der Waals surface area contributed by atoms with Crippen LogP contribution >= 0.6 is 0 Å². The molecule has 0 aliphatic rings. The van der Waals surface area contributed by atoms with E-state index >= 15 is 0 Å². The number of hydrogen-bond acceptors (Lipinski definition) is 8. The first-order chi connectivity index (χ1) is 12.5. The highest BCUT2D eigenvalue weighted by Gasteiger charge is 2.29. The van der Waals surface area contributed by atoms with E-state index in [2.05, 4.69) is 0 Å². The minimum absolute atomic E-state index is 0.551. The molecule has 0 rings (SSSR count). The standard InChI is InChI=1S/C13H21N5O9/c14-5(1-8(15)20)11(25)17-6(2-9(21)22)13(27)18-7(4-19)12(26)16-3-10(23)24/h5-7,19H,1-4,14H2,(H2,15,20)(H,16,26)(H,17,25)(H,18,27)(H,21,22)(H,23,24). The number of nitrogens with two attached hydrogens (primary N) is 2. The van der Waals surface area contributed by atoms with E-state index in [4.69, 9.17) is 26.8 Å². The highest BCUT2D eigenvalue weighted by Crippen LogP contribution is 1.98. The summed E-state index contributed by atoms with van der Waals surface area (Å²) in [6.45, 7) is -1.70. The summed E-state index contributed by atoms with van der Waals surface area (Å²) in [5.74, 6) is -6.97. The van der Waals surface area contributed by atoms with E-state index in [9.17, 15) is 28.8 Å². The number of amides is 4. The molecule has 0 heterocycles. The van der Waals surface area contributed by atoms with Crippen molar-refractivity contribution >= 4 is 35.6 Å². The van der Waals surface area contributed by atoms with Gasteiger partial charge in [-0.15, -0.1) is 0 Å². The van der Waals surface area contributed by atoms with Gasteiger partial charge >= 0.3 is 11.9 Å². The third-order valence-electron chi connectivity index (χ3n) is 3.00. The van der Waals surface area contributed by atoms with Crippen LogP contribution in [0.25, 0.3) is 0 Å². The molecule has 10 N–H and O–H groups in total. The molecule has 0 aromatic carbocycles. The van der Waals surface area contributed by atoms with E-state index in [-0.39, 0.29) is 0 Å². The van der Waals surface area contributed by atoms with Gasteiger partial charge in [0.1, 0.15) is 18.6 Å². The minimum Gasteiger partial charge on any atom is -0.481 e. The molecule has 0 saturated heterocycles. The molecule has 152 valence electrons. The van der Waals surface area contributed by atoms with Crippen molar-refractivity contribution in [3.8, 4) is 0 Å². The van der Waals surface area contributed by atoms with E-state index < -0.39 is 79.7 Å². The van der Waals surface area contributed by atoms with Crippen molar-refractivity contribution in [2.24, 2.45) is 11.5 Å². The molecule has 14 heteroatoms. The second-order valence-electron chi connectivity index (χ2n) is 5.29. The second kappa shape index (κ2) is 11.4. The Balaban J connectivity index is 5.05. The largest absolute Gasteiger partial charge is 0.481 e. The number of aliphatic hydroxyl groups is 1. The Morgan fingerprint density at radius 3 is 1.81 bits per heavy atom. The number of carbonyl (C=O) groups excluding carboxylic acids is 4. The molecule has 0 aliphatic carbocycles. The van der Waals surface area contributed by atoms with Gasteiger partial charge in [-0.3, -0.25) is 28.8 Å². The number of nitrogens with one attached hydrogen (secondary N) is 3. The highest BCUT2D eigenvalue weighted by molar-refractivity contribution is 5.96. The number of carboxylic acids is 2. The van der Waals surface area contributed by atoms with Crippen molar-refractivity contribution in [3.05, 3.63) is 0 Å². The lowest BCUT2D eigenvalue weighted by molar-refractivity contribution is -0.142. The molecule has 0 fully saturated rings. The maximum atomic E-state index is 12.1. The van der Waals surface area contributed by atoms with Crippen LogP contribution in [0.1, 0.15) is 12.8 Å². The Labute approximate surface area is 152 Å². The van der Waals surface area contributed by atoms with E-state index in [1.165, 1.54) is 0 Å². The molecule has 4 amide bonds. The minimum atomic E-state index is -1.68. The zero-order valence-electron chi connectivity index (χ0n) is 14.0. The summed E-state index contributed by atoms with van der Waals surface area (Å²) in [5, 5.41) is 32.4. The Kier molecular flexibility index (Phi) is 10.0. The first-order valence-electron chi connectivity index (χ1n) is 7.44. The summed E-state index contributed by atoms with van der Waals surface area (Å²) in [6, 6.07) is -4.71. The fourth-order valence-electron chi connectivity index (χ4n) is 1.72. The first kappa shape index (κ1) is 23.7. The third-order valence-corrected chi connectivity index (χ3v) is 3.00. The topological polar surface area (TPSA) is 251 Å². The normalized spacial score (nSPS) is 13.6. The monoisotopic (exact) mass is 391 g/mol. The molecule has 14 nitrogen and oxygen atoms in total. The first-order valence-corrected chi connectivity index (χ1v) is 7.44. The molecule has 0 aromatic heterocycles. The number of rotatable bonds is 12. The van der Waals surface area contributed by atoms with E-state index in [1.807, 2.05) is 16.0 Å². The maximum Gasteiger partial charge on any atom is 0.322 e. The van der Waals surface area contributed by atoms with E-state index in [0.717, 1.165) is 0 Å². The van der Waals surface area contributed by atoms with Gasteiger partial charge in [-0.25, -0.2) is 0 Å². The van der Waals surface area contributed by atoms with Crippen LogP contribution in [-0.2, 0) is 28.8 Å². The van der Waals surface area contributed by atoms with Crippen molar-refractivity contribution in [2.45, 2.75) is 31.0 Å². The van der Waals surface area contributed by atoms with Crippen LogP contribution < -0.4 is 27.4 Å². The second-order valence-corrected chi connectivity index (χ2v) is 5.29. The fraction of sp³-hybridized carbons (Fsp3) is 0.538. The Morgan fingerprint density at radius 2 is 1.37 bits per heavy atom. The van der Waals surface area contributed by atoms with Crippen LogP contribution in [0.15, 0.2) is 0 Å². The third kappa shape index (κ3) is 9.71. The van der Waals surface area contributed by atoms with Crippen molar-refractivity contribution in [1.82, 2.24) is 16.0 Å². The lowest BCUT2D eigenvalue weighted by Gasteiger charge is -2.22. The predicted octanol–water partition coefficient (Wildman–Crippen LogP) is -5.17. The van der Waals surface area contributed by atoms with Gasteiger partial charge in [-0.05, 0) is 0 Å². The number of hydrogen-bond donors (Lipinski definition) is 8. The highest BCUT2D eigenvalue weighted by atomic mass is 16.4. The zero-order chi connectivity index (χ0) is 21.1. The van der Waals surface area contributed by atoms with Crippen LogP contribution in [0.3, 0.4) is 0 Å². The molecule has 0 radical (unpaired) electrons. The molecule has 0 aliphatic heterocycles. The summed E-state index contributed by atoms with van der Waals surface area (Å²) >= 11 is 0. The molecular weight excluding hydrogens is 370 g/mol. The molecule has 0 spiro atoms. The van der Waals surface area contributed by atoms with Crippen molar-refractivity contribution < 1.29 is 44.1 Å². The van der Waals surface area contributed by atoms with E-state index in [0.29, 0.717) is 0 Å². The van der Waals surface area contributed by atoms with Gasteiger partial charge in [-0.2, -0.15) is 0 Å². The van der Waals surface area contributed by atoms with Gasteiger partial charge in [0.05, 0.1) is 25.5 Å². The van der Waals surface area contributed by atoms with Gasteiger partial charge in [0, 0.05) is 0 Å². The predicted molar refractivity (Wildman–Crippen MR) is 85.6 cm³/mol. The van der Waals surface area contributed by atoms with Crippen LogP contribution in [0.4, 0.5) is 0 Å². The SMILES string of the molecule is NC(=O)CC(N)C(=O)NC(CC(=O)O)C(=O)NC(CO)C(=O)NCC(=O)O. The average molecular weight is 391 g/mol. The van der Waals surface area contributed by atoms with Crippen LogP contribution in [0.2, 0.25) is 0 Å². The Hall–Kier alpha value is -3.26. The quantitative estimate of drug-likeness (QED) is 0.157. The number of aliphatic carboxylic acids is 2. The summed E-state index contributed by atoms with van der Waals surface area (Å²) in [4.78, 5) is 67.7. The van der Waals surface area contributed by atoms with Crippen LogP contribution in [-0.4, -0.2) is 82.2 Å². The van der Waals surface area contributed by atoms with Gasteiger partial charge in [0.25, 0.3) is 0 Å². The number of aliphatic hydroxyl groups excluding tert-OH is 1. The molecule has 0 aromatic rings.